The molecule has 1 atom stereocenters. The maximum atomic E-state index is 3.85. The maximum absolute atomic E-state index is 3.85. The van der Waals surface area contributed by atoms with Gasteiger partial charge in [-0.3, -0.25) is 0 Å². The van der Waals surface area contributed by atoms with Crippen LogP contribution in [0, 0.1) is 14.7 Å². The second kappa shape index (κ2) is 7.10. The molecule has 0 bridgehead atoms. The van der Waals surface area contributed by atoms with E-state index in [0.29, 0.717) is 6.04 Å². The van der Waals surface area contributed by atoms with Crippen LogP contribution >= 0.6 is 33.9 Å². The summed E-state index contributed by atoms with van der Waals surface area (Å²) in [6, 6.07) is 3.06. The van der Waals surface area contributed by atoms with Gasteiger partial charge in [-0.15, -0.1) is 11.3 Å². The molecule has 1 aromatic rings. The molecule has 1 saturated carbocycles. The van der Waals surface area contributed by atoms with Crippen LogP contribution in [0.2, 0.25) is 0 Å². The Kier molecular flexibility index (Phi) is 5.43. The maximum Gasteiger partial charge on any atom is 0.0659 e. The van der Waals surface area contributed by atoms with E-state index in [1.54, 1.807) is 10.4 Å². The molecule has 2 aliphatic rings. The topological polar surface area (TPSA) is 12.0 Å². The molecule has 0 aliphatic heterocycles. The van der Waals surface area contributed by atoms with E-state index in [9.17, 15) is 0 Å². The average molecular weight is 403 g/mol. The first-order valence-corrected chi connectivity index (χ1v) is 10.1. The van der Waals surface area contributed by atoms with Crippen molar-refractivity contribution < 1.29 is 0 Å². The van der Waals surface area contributed by atoms with Gasteiger partial charge in [-0.25, -0.2) is 0 Å². The zero-order chi connectivity index (χ0) is 13.9. The van der Waals surface area contributed by atoms with Crippen LogP contribution in [0.5, 0.6) is 0 Å². The van der Waals surface area contributed by atoms with Gasteiger partial charge in [0.2, 0.25) is 0 Å². The van der Waals surface area contributed by atoms with Gasteiger partial charge in [0.15, 0.2) is 0 Å². The molecular formula is C17H26INS. The Hall–Kier alpha value is 0.390. The minimum atomic E-state index is 0.640. The number of hydrogen-bond donors (Lipinski definition) is 1. The zero-order valence-corrected chi connectivity index (χ0v) is 15.4. The Morgan fingerprint density at radius 1 is 1.25 bits per heavy atom. The number of hydrogen-bond acceptors (Lipinski definition) is 2. The van der Waals surface area contributed by atoms with E-state index in [4.69, 9.17) is 0 Å². The van der Waals surface area contributed by atoms with E-state index >= 15 is 0 Å². The van der Waals surface area contributed by atoms with Crippen molar-refractivity contribution in [3.63, 3.8) is 0 Å². The first kappa shape index (κ1) is 15.3. The lowest BCUT2D eigenvalue weighted by Gasteiger charge is -2.28. The predicted octanol–water partition coefficient (Wildman–Crippen LogP) is 5.54. The first-order chi connectivity index (χ1) is 9.72. The lowest BCUT2D eigenvalue weighted by molar-refractivity contribution is 0.271. The molecule has 1 heterocycles. The Morgan fingerprint density at radius 3 is 2.85 bits per heavy atom. The van der Waals surface area contributed by atoms with Crippen molar-refractivity contribution in [3.05, 3.63) is 19.4 Å². The molecule has 1 aromatic heterocycles. The molecule has 0 radical (unpaired) electrons. The quantitative estimate of drug-likeness (QED) is 0.652. The lowest BCUT2D eigenvalue weighted by Crippen LogP contribution is -2.27. The summed E-state index contributed by atoms with van der Waals surface area (Å²) in [6.07, 6.45) is 11.2. The van der Waals surface area contributed by atoms with E-state index in [-0.39, 0.29) is 0 Å². The highest BCUT2D eigenvalue weighted by Crippen LogP contribution is 2.36. The first-order valence-electron chi connectivity index (χ1n) is 8.24. The highest BCUT2D eigenvalue weighted by atomic mass is 127. The third kappa shape index (κ3) is 3.77. The molecule has 0 spiro atoms. The summed E-state index contributed by atoms with van der Waals surface area (Å²) < 4.78 is 1.46. The molecule has 20 heavy (non-hydrogen) atoms. The van der Waals surface area contributed by atoms with Crippen molar-refractivity contribution in [3.8, 4) is 0 Å². The van der Waals surface area contributed by atoms with E-state index in [2.05, 4.69) is 40.9 Å². The molecule has 1 fully saturated rings. The van der Waals surface area contributed by atoms with Gasteiger partial charge in [0.1, 0.15) is 0 Å². The number of thiophene rings is 1. The Bertz CT molecular complexity index is 434. The highest BCUT2D eigenvalue weighted by molar-refractivity contribution is 14.1. The lowest BCUT2D eigenvalue weighted by atomic mass is 9.81. The van der Waals surface area contributed by atoms with Crippen molar-refractivity contribution in [1.82, 2.24) is 5.32 Å². The van der Waals surface area contributed by atoms with Crippen molar-refractivity contribution >= 4 is 33.9 Å². The molecule has 3 rings (SSSR count). The van der Waals surface area contributed by atoms with E-state index < -0.39 is 0 Å². The highest BCUT2D eigenvalue weighted by Gasteiger charge is 2.23. The van der Waals surface area contributed by atoms with Crippen molar-refractivity contribution in [2.75, 3.05) is 6.54 Å². The van der Waals surface area contributed by atoms with Crippen molar-refractivity contribution in [2.45, 2.75) is 64.3 Å². The fourth-order valence-electron chi connectivity index (χ4n) is 3.81. The van der Waals surface area contributed by atoms with Crippen LogP contribution in [-0.2, 0) is 6.42 Å². The Balaban J connectivity index is 1.47. The van der Waals surface area contributed by atoms with Gasteiger partial charge < -0.3 is 5.32 Å². The molecule has 1 unspecified atom stereocenters. The largest absolute Gasteiger partial charge is 0.310 e. The van der Waals surface area contributed by atoms with E-state index in [1.165, 1.54) is 60.8 Å². The fraction of sp³-hybridized carbons (Fsp3) is 0.765. The predicted molar refractivity (Wildman–Crippen MR) is 96.5 cm³/mol. The third-order valence-electron chi connectivity index (χ3n) is 5.16. The van der Waals surface area contributed by atoms with Gasteiger partial charge in [-0.1, -0.05) is 32.6 Å². The summed E-state index contributed by atoms with van der Waals surface area (Å²) >= 11 is 4.48. The number of rotatable bonds is 4. The van der Waals surface area contributed by atoms with Crippen LogP contribution in [0.1, 0.15) is 68.4 Å². The molecule has 1 N–H and O–H groups in total. The van der Waals surface area contributed by atoms with E-state index in [0.717, 1.165) is 11.8 Å². The van der Waals surface area contributed by atoms with Gasteiger partial charge in [0, 0.05) is 10.9 Å². The molecule has 1 nitrogen and oxygen atoms in total. The average Bonchev–Trinajstić information content (AvgIpc) is 2.82. The van der Waals surface area contributed by atoms with Gasteiger partial charge in [0.25, 0.3) is 0 Å². The van der Waals surface area contributed by atoms with Gasteiger partial charge in [-0.2, -0.15) is 0 Å². The standard InChI is InChI=1S/C17H26INS/c1-12-5-7-13(8-6-12)9-10-19-15-3-2-4-16-14(15)11-17(18)20-16/h11-13,15,19H,2-10H2,1H3. The Labute approximate surface area is 141 Å². The molecule has 0 aromatic carbocycles. The molecular weight excluding hydrogens is 377 g/mol. The SMILES string of the molecule is CC1CCC(CCNC2CCCc3sc(I)cc32)CC1. The number of fused-ring (bicyclic) bond motifs is 1. The number of halogens is 1. The van der Waals surface area contributed by atoms with Crippen molar-refractivity contribution in [2.24, 2.45) is 11.8 Å². The van der Waals surface area contributed by atoms with Gasteiger partial charge in [0.05, 0.1) is 2.88 Å². The van der Waals surface area contributed by atoms with Crippen LogP contribution in [0.3, 0.4) is 0 Å². The molecule has 0 amide bonds. The normalized spacial score (nSPS) is 30.2. The number of nitrogens with one attached hydrogen (secondary N) is 1. The molecule has 112 valence electrons. The van der Waals surface area contributed by atoms with Crippen LogP contribution in [0.15, 0.2) is 6.07 Å². The minimum Gasteiger partial charge on any atom is -0.310 e. The van der Waals surface area contributed by atoms with Gasteiger partial charge >= 0.3 is 0 Å². The second-order valence-corrected chi connectivity index (χ2v) is 9.77. The summed E-state index contributed by atoms with van der Waals surface area (Å²) in [5.74, 6) is 1.97. The third-order valence-corrected chi connectivity index (χ3v) is 7.13. The minimum absolute atomic E-state index is 0.640. The smallest absolute Gasteiger partial charge is 0.0659 e. The zero-order valence-electron chi connectivity index (χ0n) is 12.5. The van der Waals surface area contributed by atoms with Crippen LogP contribution < -0.4 is 5.32 Å². The van der Waals surface area contributed by atoms with Crippen LogP contribution in [0.4, 0.5) is 0 Å². The van der Waals surface area contributed by atoms with Gasteiger partial charge in [-0.05, 0) is 78.3 Å². The van der Waals surface area contributed by atoms with Crippen LogP contribution in [0.25, 0.3) is 0 Å². The second-order valence-electron chi connectivity index (χ2n) is 6.74. The number of aryl methyl sites for hydroxylation is 1. The van der Waals surface area contributed by atoms with Crippen LogP contribution in [-0.4, -0.2) is 6.54 Å². The summed E-state index contributed by atoms with van der Waals surface area (Å²) in [5.41, 5.74) is 1.61. The summed E-state index contributed by atoms with van der Waals surface area (Å²) in [6.45, 7) is 3.63. The fourth-order valence-corrected chi connectivity index (χ4v) is 5.93. The van der Waals surface area contributed by atoms with E-state index in [1.807, 2.05) is 11.3 Å². The molecule has 3 heteroatoms. The molecule has 2 aliphatic carbocycles. The monoisotopic (exact) mass is 403 g/mol. The summed E-state index contributed by atoms with van der Waals surface area (Å²) in [7, 11) is 0. The summed E-state index contributed by atoms with van der Waals surface area (Å²) in [5, 5.41) is 3.85. The molecule has 0 saturated heterocycles. The van der Waals surface area contributed by atoms with Crippen molar-refractivity contribution in [1.29, 1.82) is 0 Å². The summed E-state index contributed by atoms with van der Waals surface area (Å²) in [4.78, 5) is 1.64. The Morgan fingerprint density at radius 2 is 2.05 bits per heavy atom.